The van der Waals surface area contributed by atoms with Crippen molar-refractivity contribution in [1.82, 2.24) is 15.2 Å². The average molecular weight is 267 g/mol. The van der Waals surface area contributed by atoms with Crippen molar-refractivity contribution in [2.45, 2.75) is 25.4 Å². The first-order chi connectivity index (χ1) is 9.88. The molecule has 0 radical (unpaired) electrons. The number of fused-ring (bicyclic) bond motifs is 2. The maximum atomic E-state index is 4.79. The second-order valence-corrected chi connectivity index (χ2v) is 6.15. The number of nitrogens with zero attached hydrogens (tertiary/aromatic N) is 2. The molecular formula is C17H21N3. The Morgan fingerprint density at radius 3 is 3.05 bits per heavy atom. The maximum absolute atomic E-state index is 4.79. The fourth-order valence-corrected chi connectivity index (χ4v) is 3.69. The molecule has 0 unspecified atom stereocenters. The average Bonchev–Trinajstić information content (AvgIpc) is 2.89. The van der Waals surface area contributed by atoms with Gasteiger partial charge in [-0.2, -0.15) is 0 Å². The summed E-state index contributed by atoms with van der Waals surface area (Å²) < 4.78 is 0. The van der Waals surface area contributed by atoms with Gasteiger partial charge in [0, 0.05) is 31.1 Å². The number of rotatable bonds is 2. The van der Waals surface area contributed by atoms with E-state index in [1.807, 2.05) is 0 Å². The molecule has 20 heavy (non-hydrogen) atoms. The highest BCUT2D eigenvalue weighted by atomic mass is 15.2. The van der Waals surface area contributed by atoms with E-state index >= 15 is 0 Å². The molecule has 0 amide bonds. The molecule has 1 aromatic carbocycles. The molecule has 1 N–H and O–H groups in total. The van der Waals surface area contributed by atoms with Crippen LogP contribution in [0, 0.1) is 5.92 Å². The predicted octanol–water partition coefficient (Wildman–Crippen LogP) is 2.42. The maximum Gasteiger partial charge on any atom is 0.0705 e. The smallest absolute Gasteiger partial charge is 0.0705 e. The lowest BCUT2D eigenvalue weighted by molar-refractivity contribution is 0.309. The quantitative estimate of drug-likeness (QED) is 0.905. The minimum absolute atomic E-state index is 0.712. The predicted molar refractivity (Wildman–Crippen MR) is 81.5 cm³/mol. The van der Waals surface area contributed by atoms with Crippen LogP contribution in [0.2, 0.25) is 0 Å². The number of nitrogens with one attached hydrogen (secondary N) is 1. The molecule has 2 aliphatic heterocycles. The highest BCUT2D eigenvalue weighted by Crippen LogP contribution is 2.26. The third kappa shape index (κ3) is 2.32. The molecular weight excluding hydrogens is 246 g/mol. The number of para-hydroxylation sites is 1. The number of piperidine rings is 1. The van der Waals surface area contributed by atoms with Crippen molar-refractivity contribution >= 4 is 10.9 Å². The summed E-state index contributed by atoms with van der Waals surface area (Å²) in [4.78, 5) is 7.35. The van der Waals surface area contributed by atoms with Gasteiger partial charge in [-0.05, 0) is 37.4 Å². The highest BCUT2D eigenvalue weighted by Gasteiger charge is 2.33. The fraction of sp³-hybridized carbons (Fsp3) is 0.471. The monoisotopic (exact) mass is 267 g/mol. The van der Waals surface area contributed by atoms with Crippen molar-refractivity contribution in [1.29, 1.82) is 0 Å². The van der Waals surface area contributed by atoms with Crippen LogP contribution < -0.4 is 5.32 Å². The molecule has 2 aromatic rings. The molecule has 3 nitrogen and oxygen atoms in total. The molecule has 0 aliphatic carbocycles. The summed E-state index contributed by atoms with van der Waals surface area (Å²) in [5.41, 5.74) is 2.31. The van der Waals surface area contributed by atoms with Crippen molar-refractivity contribution in [3.8, 4) is 0 Å². The van der Waals surface area contributed by atoms with E-state index < -0.39 is 0 Å². The van der Waals surface area contributed by atoms with Crippen LogP contribution in [0.1, 0.15) is 18.5 Å². The van der Waals surface area contributed by atoms with Crippen LogP contribution in [-0.4, -0.2) is 35.6 Å². The first kappa shape index (κ1) is 12.3. The van der Waals surface area contributed by atoms with Crippen molar-refractivity contribution in [2.24, 2.45) is 5.92 Å². The van der Waals surface area contributed by atoms with Crippen LogP contribution in [-0.2, 0) is 6.54 Å². The van der Waals surface area contributed by atoms with Gasteiger partial charge in [-0.15, -0.1) is 0 Å². The Balaban J connectivity index is 1.50. The minimum atomic E-state index is 0.712. The van der Waals surface area contributed by atoms with Crippen molar-refractivity contribution in [3.05, 3.63) is 42.1 Å². The molecule has 1 aromatic heterocycles. The summed E-state index contributed by atoms with van der Waals surface area (Å²) in [6, 6.07) is 13.4. The van der Waals surface area contributed by atoms with E-state index in [4.69, 9.17) is 4.98 Å². The van der Waals surface area contributed by atoms with Gasteiger partial charge in [-0.3, -0.25) is 9.88 Å². The standard InChI is InChI=1S/C17H21N3/c1-2-6-16-13(4-1)7-8-15(19-16)11-20-10-14-5-3-9-18-17(14)12-20/h1-2,4,6-8,14,17-18H,3,5,9-12H2/t14-,17+/m0/s1. The fourth-order valence-electron chi connectivity index (χ4n) is 3.69. The van der Waals surface area contributed by atoms with Gasteiger partial charge in [0.05, 0.1) is 11.2 Å². The van der Waals surface area contributed by atoms with Crippen LogP contribution in [0.4, 0.5) is 0 Å². The van der Waals surface area contributed by atoms with Crippen LogP contribution in [0.25, 0.3) is 10.9 Å². The van der Waals surface area contributed by atoms with Crippen LogP contribution in [0.5, 0.6) is 0 Å². The molecule has 3 heteroatoms. The van der Waals surface area contributed by atoms with Gasteiger partial charge in [-0.25, -0.2) is 0 Å². The summed E-state index contributed by atoms with van der Waals surface area (Å²) in [6.45, 7) is 4.59. The van der Waals surface area contributed by atoms with E-state index in [1.54, 1.807) is 0 Å². The minimum Gasteiger partial charge on any atom is -0.312 e. The third-order valence-electron chi connectivity index (χ3n) is 4.72. The first-order valence-corrected chi connectivity index (χ1v) is 7.69. The van der Waals surface area contributed by atoms with Gasteiger partial charge in [0.15, 0.2) is 0 Å². The molecule has 2 saturated heterocycles. The van der Waals surface area contributed by atoms with Gasteiger partial charge in [0.25, 0.3) is 0 Å². The Morgan fingerprint density at radius 2 is 2.10 bits per heavy atom. The van der Waals surface area contributed by atoms with E-state index in [2.05, 4.69) is 46.6 Å². The van der Waals surface area contributed by atoms with Crippen molar-refractivity contribution in [2.75, 3.05) is 19.6 Å². The second kappa shape index (κ2) is 5.15. The lowest BCUT2D eigenvalue weighted by Crippen LogP contribution is -2.40. The van der Waals surface area contributed by atoms with E-state index in [0.717, 1.165) is 18.0 Å². The zero-order chi connectivity index (χ0) is 13.4. The van der Waals surface area contributed by atoms with Crippen molar-refractivity contribution in [3.63, 3.8) is 0 Å². The van der Waals surface area contributed by atoms with Gasteiger partial charge >= 0.3 is 0 Å². The number of aromatic nitrogens is 1. The molecule has 3 heterocycles. The molecule has 2 atom stereocenters. The Hall–Kier alpha value is -1.45. The summed E-state index contributed by atoms with van der Waals surface area (Å²) in [5, 5.41) is 4.89. The highest BCUT2D eigenvalue weighted by molar-refractivity contribution is 5.78. The Kier molecular flexibility index (Phi) is 3.17. The molecule has 0 bridgehead atoms. The van der Waals surface area contributed by atoms with E-state index in [1.165, 1.54) is 43.6 Å². The normalized spacial score (nSPS) is 26.8. The third-order valence-corrected chi connectivity index (χ3v) is 4.72. The summed E-state index contributed by atoms with van der Waals surface area (Å²) >= 11 is 0. The lowest BCUT2D eigenvalue weighted by Gasteiger charge is -2.24. The number of hydrogen-bond donors (Lipinski definition) is 1. The Morgan fingerprint density at radius 1 is 1.15 bits per heavy atom. The number of pyridine rings is 1. The number of likely N-dealkylation sites (tertiary alicyclic amines) is 1. The second-order valence-electron chi connectivity index (χ2n) is 6.15. The molecule has 2 fully saturated rings. The SMILES string of the molecule is c1ccc2nc(CN3C[C@@H]4CCCN[C@@H]4C3)ccc2c1. The first-order valence-electron chi connectivity index (χ1n) is 7.69. The summed E-state index contributed by atoms with van der Waals surface area (Å²) in [5.74, 6) is 0.851. The van der Waals surface area contributed by atoms with Crippen LogP contribution in [0.3, 0.4) is 0 Å². The van der Waals surface area contributed by atoms with Crippen molar-refractivity contribution < 1.29 is 0 Å². The lowest BCUT2D eigenvalue weighted by atomic mass is 9.94. The van der Waals surface area contributed by atoms with E-state index in [0.29, 0.717) is 6.04 Å². The molecule has 0 saturated carbocycles. The summed E-state index contributed by atoms with van der Waals surface area (Å²) in [7, 11) is 0. The molecule has 0 spiro atoms. The Bertz CT molecular complexity index is 596. The van der Waals surface area contributed by atoms with Gasteiger partial charge in [0.1, 0.15) is 0 Å². The Labute approximate surface area is 120 Å². The molecule has 4 rings (SSSR count). The van der Waals surface area contributed by atoms with Crippen LogP contribution >= 0.6 is 0 Å². The summed E-state index contributed by atoms with van der Waals surface area (Å²) in [6.07, 6.45) is 2.72. The zero-order valence-corrected chi connectivity index (χ0v) is 11.8. The van der Waals surface area contributed by atoms with Gasteiger partial charge in [0.2, 0.25) is 0 Å². The van der Waals surface area contributed by atoms with E-state index in [9.17, 15) is 0 Å². The molecule has 2 aliphatic rings. The zero-order valence-electron chi connectivity index (χ0n) is 11.8. The van der Waals surface area contributed by atoms with Gasteiger partial charge < -0.3 is 5.32 Å². The number of hydrogen-bond acceptors (Lipinski definition) is 3. The molecule has 104 valence electrons. The topological polar surface area (TPSA) is 28.2 Å². The largest absolute Gasteiger partial charge is 0.312 e. The van der Waals surface area contributed by atoms with E-state index in [-0.39, 0.29) is 0 Å². The number of benzene rings is 1. The van der Waals surface area contributed by atoms with Crippen LogP contribution in [0.15, 0.2) is 36.4 Å². The van der Waals surface area contributed by atoms with Gasteiger partial charge in [-0.1, -0.05) is 24.3 Å².